The van der Waals surface area contributed by atoms with E-state index in [1.807, 2.05) is 6.92 Å². The highest BCUT2D eigenvalue weighted by Gasteiger charge is 2.01. The zero-order valence-electron chi connectivity index (χ0n) is 7.46. The van der Waals surface area contributed by atoms with Crippen molar-refractivity contribution in [2.45, 2.75) is 25.9 Å². The molecule has 3 nitrogen and oxygen atoms in total. The van der Waals surface area contributed by atoms with Crippen LogP contribution in [-0.2, 0) is 6.54 Å². The van der Waals surface area contributed by atoms with Crippen LogP contribution in [0.4, 0.5) is 0 Å². The molecule has 0 saturated heterocycles. The zero-order valence-corrected chi connectivity index (χ0v) is 8.28. The van der Waals surface area contributed by atoms with Crippen molar-refractivity contribution >= 4 is 11.3 Å². The third kappa shape index (κ3) is 3.05. The number of rotatable bonds is 4. The molecule has 1 unspecified atom stereocenters. The van der Waals surface area contributed by atoms with Gasteiger partial charge in [-0.25, -0.2) is 0 Å². The van der Waals surface area contributed by atoms with Gasteiger partial charge in [-0.15, -0.1) is 6.42 Å². The number of H-pyrrole nitrogens is 1. The van der Waals surface area contributed by atoms with Crippen molar-refractivity contribution in [1.29, 1.82) is 0 Å². The second-order valence-electron chi connectivity index (χ2n) is 2.68. The van der Waals surface area contributed by atoms with E-state index in [2.05, 4.69) is 16.2 Å². The van der Waals surface area contributed by atoms with Crippen LogP contribution in [0.5, 0.6) is 0 Å². The Labute approximate surface area is 81.2 Å². The molecule has 0 saturated carbocycles. The summed E-state index contributed by atoms with van der Waals surface area (Å²) in [4.78, 5) is 13.5. The lowest BCUT2D eigenvalue weighted by atomic mass is 10.2. The van der Waals surface area contributed by atoms with Crippen LogP contribution in [0.15, 0.2) is 10.2 Å². The molecule has 0 bridgehead atoms. The van der Waals surface area contributed by atoms with Gasteiger partial charge in [-0.05, 0) is 6.42 Å². The SMILES string of the molecule is C#CC(CC)NCc1csc(=O)[nH]1. The van der Waals surface area contributed by atoms with Gasteiger partial charge in [0.05, 0.1) is 6.04 Å². The fourth-order valence-corrected chi connectivity index (χ4v) is 1.54. The molecule has 2 N–H and O–H groups in total. The van der Waals surface area contributed by atoms with E-state index in [1.165, 1.54) is 11.3 Å². The average Bonchev–Trinajstić information content (AvgIpc) is 2.53. The molecule has 0 radical (unpaired) electrons. The van der Waals surface area contributed by atoms with Gasteiger partial charge in [0.15, 0.2) is 0 Å². The number of nitrogens with one attached hydrogen (secondary N) is 2. The zero-order chi connectivity index (χ0) is 9.68. The van der Waals surface area contributed by atoms with E-state index in [-0.39, 0.29) is 10.9 Å². The fourth-order valence-electron chi connectivity index (χ4n) is 0.955. The van der Waals surface area contributed by atoms with Crippen LogP contribution in [-0.4, -0.2) is 11.0 Å². The Bertz CT molecular complexity index is 347. The van der Waals surface area contributed by atoms with Crippen molar-refractivity contribution in [1.82, 2.24) is 10.3 Å². The van der Waals surface area contributed by atoms with Gasteiger partial charge in [-0.2, -0.15) is 0 Å². The van der Waals surface area contributed by atoms with Crippen LogP contribution in [0, 0.1) is 12.3 Å². The number of thiazole rings is 1. The van der Waals surface area contributed by atoms with Crippen molar-refractivity contribution in [3.05, 3.63) is 20.7 Å². The molecule has 1 aromatic heterocycles. The Hall–Kier alpha value is -1.05. The highest BCUT2D eigenvalue weighted by molar-refractivity contribution is 7.07. The molecule has 1 rings (SSSR count). The second-order valence-corrected chi connectivity index (χ2v) is 3.52. The highest BCUT2D eigenvalue weighted by Crippen LogP contribution is 1.96. The quantitative estimate of drug-likeness (QED) is 0.704. The van der Waals surface area contributed by atoms with E-state index in [0.717, 1.165) is 12.1 Å². The molecule has 0 aromatic carbocycles. The van der Waals surface area contributed by atoms with Gasteiger partial charge in [0.25, 0.3) is 0 Å². The summed E-state index contributed by atoms with van der Waals surface area (Å²) in [6, 6.07) is 0.0865. The third-order valence-corrected chi connectivity index (χ3v) is 2.44. The first-order valence-corrected chi connectivity index (χ1v) is 5.00. The molecule has 1 aromatic rings. The molecule has 0 spiro atoms. The summed E-state index contributed by atoms with van der Waals surface area (Å²) in [5.74, 6) is 2.63. The van der Waals surface area contributed by atoms with Gasteiger partial charge < -0.3 is 4.98 Å². The summed E-state index contributed by atoms with van der Waals surface area (Å²) < 4.78 is 0. The highest BCUT2D eigenvalue weighted by atomic mass is 32.1. The van der Waals surface area contributed by atoms with Gasteiger partial charge in [-0.1, -0.05) is 24.2 Å². The molecule has 13 heavy (non-hydrogen) atoms. The molecule has 0 aliphatic rings. The lowest BCUT2D eigenvalue weighted by molar-refractivity contribution is 0.586. The first-order chi connectivity index (χ1) is 6.26. The van der Waals surface area contributed by atoms with Gasteiger partial charge in [-0.3, -0.25) is 10.1 Å². The lowest BCUT2D eigenvalue weighted by Gasteiger charge is -2.08. The van der Waals surface area contributed by atoms with Crippen LogP contribution in [0.1, 0.15) is 19.0 Å². The minimum Gasteiger partial charge on any atom is -0.315 e. The van der Waals surface area contributed by atoms with E-state index < -0.39 is 0 Å². The summed E-state index contributed by atoms with van der Waals surface area (Å²) in [5, 5.41) is 4.95. The minimum atomic E-state index is -0.0226. The van der Waals surface area contributed by atoms with E-state index in [1.54, 1.807) is 5.38 Å². The minimum absolute atomic E-state index is 0.0226. The van der Waals surface area contributed by atoms with Gasteiger partial charge >= 0.3 is 4.87 Å². The lowest BCUT2D eigenvalue weighted by Crippen LogP contribution is -2.26. The summed E-state index contributed by atoms with van der Waals surface area (Å²) in [5.41, 5.74) is 0.892. The van der Waals surface area contributed by atoms with Crippen molar-refractivity contribution in [3.8, 4) is 12.3 Å². The Morgan fingerprint density at radius 2 is 2.62 bits per heavy atom. The average molecular weight is 196 g/mol. The molecule has 1 heterocycles. The van der Waals surface area contributed by atoms with Crippen LogP contribution < -0.4 is 10.2 Å². The summed E-state index contributed by atoms with van der Waals surface area (Å²) in [7, 11) is 0. The van der Waals surface area contributed by atoms with Crippen LogP contribution >= 0.6 is 11.3 Å². The van der Waals surface area contributed by atoms with Crippen LogP contribution in [0.3, 0.4) is 0 Å². The van der Waals surface area contributed by atoms with E-state index >= 15 is 0 Å². The van der Waals surface area contributed by atoms with Crippen molar-refractivity contribution in [2.75, 3.05) is 0 Å². The largest absolute Gasteiger partial charge is 0.315 e. The maximum Gasteiger partial charge on any atom is 0.304 e. The van der Waals surface area contributed by atoms with E-state index in [0.29, 0.717) is 6.54 Å². The first kappa shape index (κ1) is 10.0. The first-order valence-electron chi connectivity index (χ1n) is 4.12. The van der Waals surface area contributed by atoms with E-state index in [4.69, 9.17) is 6.42 Å². The molecule has 0 aliphatic heterocycles. The topological polar surface area (TPSA) is 44.9 Å². The Morgan fingerprint density at radius 3 is 3.08 bits per heavy atom. The maximum atomic E-state index is 10.8. The number of aromatic nitrogens is 1. The summed E-state index contributed by atoms with van der Waals surface area (Å²) >= 11 is 1.17. The third-order valence-electron chi connectivity index (χ3n) is 1.72. The monoisotopic (exact) mass is 196 g/mol. The molecule has 0 aliphatic carbocycles. The van der Waals surface area contributed by atoms with Crippen LogP contribution in [0.2, 0.25) is 0 Å². The number of hydrogen-bond acceptors (Lipinski definition) is 3. The number of hydrogen-bond donors (Lipinski definition) is 2. The predicted molar refractivity (Wildman–Crippen MR) is 54.7 cm³/mol. The Morgan fingerprint density at radius 1 is 1.85 bits per heavy atom. The summed E-state index contributed by atoms with van der Waals surface area (Å²) in [6.07, 6.45) is 6.16. The normalized spacial score (nSPS) is 12.3. The smallest absolute Gasteiger partial charge is 0.304 e. The van der Waals surface area contributed by atoms with E-state index in [9.17, 15) is 4.79 Å². The molecule has 0 fully saturated rings. The van der Waals surface area contributed by atoms with Gasteiger partial charge in [0, 0.05) is 17.6 Å². The molecule has 1 atom stereocenters. The van der Waals surface area contributed by atoms with Gasteiger partial charge in [0.1, 0.15) is 0 Å². The number of terminal acetylenes is 1. The van der Waals surface area contributed by atoms with Gasteiger partial charge in [0.2, 0.25) is 0 Å². The summed E-state index contributed by atoms with van der Waals surface area (Å²) in [6.45, 7) is 2.65. The molecular formula is C9H12N2OS. The van der Waals surface area contributed by atoms with Crippen molar-refractivity contribution in [2.24, 2.45) is 0 Å². The Balaban J connectivity index is 2.43. The standard InChI is InChI=1S/C9H12N2OS/c1-3-7(4-2)10-5-8-6-13-9(12)11-8/h1,6-7,10H,4-5H2,2H3,(H,11,12). The van der Waals surface area contributed by atoms with Crippen molar-refractivity contribution in [3.63, 3.8) is 0 Å². The fraction of sp³-hybridized carbons (Fsp3) is 0.444. The van der Waals surface area contributed by atoms with Crippen LogP contribution in [0.25, 0.3) is 0 Å². The predicted octanol–water partition coefficient (Wildman–Crippen LogP) is 0.938. The maximum absolute atomic E-state index is 10.8. The molecule has 0 amide bonds. The number of aromatic amines is 1. The molecular weight excluding hydrogens is 184 g/mol. The second kappa shape index (κ2) is 4.85. The Kier molecular flexibility index (Phi) is 3.74. The molecule has 4 heteroatoms. The van der Waals surface area contributed by atoms with Crippen molar-refractivity contribution < 1.29 is 0 Å². The molecule has 70 valence electrons.